The van der Waals surface area contributed by atoms with E-state index in [0.717, 1.165) is 14.9 Å². The molecule has 1 fully saturated rings. The lowest BCUT2D eigenvalue weighted by Gasteiger charge is -2.17. The highest BCUT2D eigenvalue weighted by Gasteiger charge is 2.35. The van der Waals surface area contributed by atoms with Gasteiger partial charge in [0.15, 0.2) is 11.5 Å². The highest BCUT2D eigenvalue weighted by molar-refractivity contribution is 14.1. The molecule has 1 aliphatic heterocycles. The van der Waals surface area contributed by atoms with Crippen LogP contribution in [0.25, 0.3) is 6.08 Å². The van der Waals surface area contributed by atoms with Gasteiger partial charge in [-0.25, -0.2) is 9.69 Å². The third kappa shape index (κ3) is 5.79. The second kappa shape index (κ2) is 11.2. The second-order valence-corrected chi connectivity index (χ2v) is 8.66. The molecule has 180 valence electrons. The van der Waals surface area contributed by atoms with Crippen molar-refractivity contribution in [2.75, 3.05) is 26.1 Å². The highest BCUT2D eigenvalue weighted by atomic mass is 127. The fraction of sp³-hybridized carbons (Fsp3) is 0.292. The van der Waals surface area contributed by atoms with Crippen LogP contribution in [-0.4, -0.2) is 49.6 Å². The number of imide groups is 1. The maximum absolute atomic E-state index is 12.8. The summed E-state index contributed by atoms with van der Waals surface area (Å²) in [6.45, 7) is 3.55. The lowest BCUT2D eigenvalue weighted by molar-refractivity contribution is -0.127. The molecular formula is C24H26IN3O6. The van der Waals surface area contributed by atoms with Crippen molar-refractivity contribution in [2.45, 2.75) is 26.4 Å². The minimum atomic E-state index is -0.676. The number of rotatable bonds is 9. The van der Waals surface area contributed by atoms with Gasteiger partial charge in [-0.1, -0.05) is 19.1 Å². The van der Waals surface area contributed by atoms with E-state index in [2.05, 4.69) is 33.2 Å². The van der Waals surface area contributed by atoms with Crippen LogP contribution in [0.15, 0.2) is 42.1 Å². The predicted molar refractivity (Wildman–Crippen MR) is 136 cm³/mol. The van der Waals surface area contributed by atoms with Gasteiger partial charge in [0.25, 0.3) is 5.91 Å². The highest BCUT2D eigenvalue weighted by Crippen LogP contribution is 2.35. The molecule has 0 bridgehead atoms. The van der Waals surface area contributed by atoms with Gasteiger partial charge in [-0.2, -0.15) is 0 Å². The molecular weight excluding hydrogens is 553 g/mol. The quantitative estimate of drug-likeness (QED) is 0.264. The first-order valence-corrected chi connectivity index (χ1v) is 11.7. The Labute approximate surface area is 211 Å². The number of anilines is 1. The molecule has 2 aromatic carbocycles. The lowest BCUT2D eigenvalue weighted by atomic mass is 10.1. The van der Waals surface area contributed by atoms with Crippen molar-refractivity contribution in [3.8, 4) is 17.2 Å². The first-order valence-electron chi connectivity index (χ1n) is 10.6. The molecule has 0 aliphatic carbocycles. The number of benzene rings is 2. The van der Waals surface area contributed by atoms with E-state index in [0.29, 0.717) is 28.5 Å². The molecule has 1 aliphatic rings. The molecule has 2 aromatic rings. The van der Waals surface area contributed by atoms with E-state index in [4.69, 9.17) is 14.2 Å². The number of methoxy groups -OCH3 is 2. The Morgan fingerprint density at radius 2 is 1.88 bits per heavy atom. The summed E-state index contributed by atoms with van der Waals surface area (Å²) in [4.78, 5) is 38.6. The van der Waals surface area contributed by atoms with Gasteiger partial charge in [0.1, 0.15) is 18.0 Å². The normalized spacial score (nSPS) is 15.2. The Morgan fingerprint density at radius 1 is 1.18 bits per heavy atom. The Balaban J connectivity index is 1.76. The van der Waals surface area contributed by atoms with Crippen LogP contribution in [0.1, 0.15) is 25.8 Å². The zero-order valence-corrected chi connectivity index (χ0v) is 21.5. The van der Waals surface area contributed by atoms with Gasteiger partial charge in [0.05, 0.1) is 29.6 Å². The van der Waals surface area contributed by atoms with Crippen LogP contribution in [0, 0.1) is 3.57 Å². The Kier molecular flexibility index (Phi) is 8.37. The number of carbonyl (C=O) groups excluding carboxylic acids is 3. The van der Waals surface area contributed by atoms with Crippen LogP contribution in [0.5, 0.6) is 17.2 Å². The molecule has 34 heavy (non-hydrogen) atoms. The third-order valence-corrected chi connectivity index (χ3v) is 5.90. The summed E-state index contributed by atoms with van der Waals surface area (Å²) >= 11 is 2.14. The molecule has 0 aromatic heterocycles. The summed E-state index contributed by atoms with van der Waals surface area (Å²) in [5.41, 5.74) is 1.14. The molecule has 2 N–H and O–H groups in total. The molecule has 10 heteroatoms. The summed E-state index contributed by atoms with van der Waals surface area (Å²) in [5.74, 6) is 0.476. The van der Waals surface area contributed by atoms with Gasteiger partial charge >= 0.3 is 6.03 Å². The predicted octanol–water partition coefficient (Wildman–Crippen LogP) is 4.02. The summed E-state index contributed by atoms with van der Waals surface area (Å²) in [6.07, 6.45) is 2.39. The Bertz CT molecular complexity index is 1130. The standard InChI is InChI=1S/C24H26IN3O6/c1-5-14(2)34-22-16(25)10-15(12-20(22)33-4)11-18-23(30)28(24(31)27-18)13-21(29)26-17-8-6-7-9-19(17)32-3/h6-12,14H,5,13H2,1-4H3,(H,26,29)(H,27,31)/b18-11+/t14-/m0/s1. The molecule has 3 rings (SSSR count). The Hall–Kier alpha value is -3.28. The first-order chi connectivity index (χ1) is 16.3. The first kappa shape index (κ1) is 25.3. The monoisotopic (exact) mass is 579 g/mol. The van der Waals surface area contributed by atoms with E-state index >= 15 is 0 Å². The minimum absolute atomic E-state index is 0.0119. The number of amides is 4. The fourth-order valence-electron chi connectivity index (χ4n) is 3.19. The maximum Gasteiger partial charge on any atom is 0.329 e. The van der Waals surface area contributed by atoms with E-state index in [1.807, 2.05) is 19.9 Å². The topological polar surface area (TPSA) is 106 Å². The average Bonchev–Trinajstić information content (AvgIpc) is 3.07. The number of halogens is 1. The van der Waals surface area contributed by atoms with Gasteiger partial charge in [0.2, 0.25) is 5.91 Å². The Morgan fingerprint density at radius 3 is 2.56 bits per heavy atom. The molecule has 0 spiro atoms. The minimum Gasteiger partial charge on any atom is -0.495 e. The van der Waals surface area contributed by atoms with Crippen LogP contribution in [0.2, 0.25) is 0 Å². The van der Waals surface area contributed by atoms with E-state index < -0.39 is 24.4 Å². The number of hydrogen-bond acceptors (Lipinski definition) is 6. The van der Waals surface area contributed by atoms with Crippen molar-refractivity contribution in [3.63, 3.8) is 0 Å². The summed E-state index contributed by atoms with van der Waals surface area (Å²) in [6, 6.07) is 9.73. The van der Waals surface area contributed by atoms with Crippen LogP contribution in [0.3, 0.4) is 0 Å². The van der Waals surface area contributed by atoms with Gasteiger partial charge in [-0.3, -0.25) is 9.59 Å². The number of ether oxygens (including phenoxy) is 3. The van der Waals surface area contributed by atoms with Crippen molar-refractivity contribution in [1.82, 2.24) is 10.2 Å². The molecule has 1 heterocycles. The van der Waals surface area contributed by atoms with E-state index in [1.165, 1.54) is 20.3 Å². The molecule has 1 atom stereocenters. The SMILES string of the molecule is CC[C@H](C)Oc1c(I)cc(/C=C2/NC(=O)N(CC(=O)Nc3ccccc3OC)C2=O)cc1OC. The fourth-order valence-corrected chi connectivity index (χ4v) is 3.94. The number of carbonyl (C=O) groups is 3. The van der Waals surface area contributed by atoms with Crippen LogP contribution in [-0.2, 0) is 9.59 Å². The van der Waals surface area contributed by atoms with Crippen molar-refractivity contribution >= 4 is 52.2 Å². The lowest BCUT2D eigenvalue weighted by Crippen LogP contribution is -2.38. The van der Waals surface area contributed by atoms with E-state index in [9.17, 15) is 14.4 Å². The van der Waals surface area contributed by atoms with Crippen molar-refractivity contribution in [1.29, 1.82) is 0 Å². The van der Waals surface area contributed by atoms with Crippen LogP contribution < -0.4 is 24.8 Å². The summed E-state index contributed by atoms with van der Waals surface area (Å²) in [5, 5.41) is 5.18. The van der Waals surface area contributed by atoms with Crippen LogP contribution in [0.4, 0.5) is 10.5 Å². The number of nitrogens with one attached hydrogen (secondary N) is 2. The molecule has 4 amide bonds. The summed E-state index contributed by atoms with van der Waals surface area (Å²) in [7, 11) is 3.02. The summed E-state index contributed by atoms with van der Waals surface area (Å²) < 4.78 is 17.4. The van der Waals surface area contributed by atoms with E-state index in [-0.39, 0.29) is 11.8 Å². The molecule has 0 radical (unpaired) electrons. The largest absolute Gasteiger partial charge is 0.495 e. The maximum atomic E-state index is 12.8. The van der Waals surface area contributed by atoms with Gasteiger partial charge in [0, 0.05) is 0 Å². The number of urea groups is 1. The number of hydrogen-bond donors (Lipinski definition) is 2. The third-order valence-electron chi connectivity index (χ3n) is 5.10. The molecule has 9 nitrogen and oxygen atoms in total. The van der Waals surface area contributed by atoms with Crippen molar-refractivity contribution < 1.29 is 28.6 Å². The average molecular weight is 579 g/mol. The second-order valence-electron chi connectivity index (χ2n) is 7.50. The van der Waals surface area contributed by atoms with Crippen molar-refractivity contribution in [2.24, 2.45) is 0 Å². The number of nitrogens with zero attached hydrogens (tertiary/aromatic N) is 1. The van der Waals surface area contributed by atoms with E-state index in [1.54, 1.807) is 30.3 Å². The van der Waals surface area contributed by atoms with Gasteiger partial charge < -0.3 is 24.8 Å². The zero-order chi connectivity index (χ0) is 24.8. The molecule has 0 saturated carbocycles. The molecule has 0 unspecified atom stereocenters. The van der Waals surface area contributed by atoms with Crippen LogP contribution >= 0.6 is 22.6 Å². The van der Waals surface area contributed by atoms with Crippen molar-refractivity contribution in [3.05, 3.63) is 51.2 Å². The molecule has 1 saturated heterocycles. The zero-order valence-electron chi connectivity index (χ0n) is 19.3. The van der Waals surface area contributed by atoms with Gasteiger partial charge in [-0.05, 0) is 71.8 Å². The number of para-hydroxylation sites is 2. The smallest absolute Gasteiger partial charge is 0.329 e. The van der Waals surface area contributed by atoms with Gasteiger partial charge in [-0.15, -0.1) is 0 Å².